The maximum absolute atomic E-state index is 5.70. The molecule has 1 saturated heterocycles. The van der Waals surface area contributed by atoms with E-state index in [-0.39, 0.29) is 0 Å². The van der Waals surface area contributed by atoms with Crippen molar-refractivity contribution in [2.75, 3.05) is 25.1 Å². The van der Waals surface area contributed by atoms with Crippen molar-refractivity contribution in [1.82, 2.24) is 24.7 Å². The number of piperidine rings is 1. The van der Waals surface area contributed by atoms with Crippen LogP contribution >= 0.6 is 0 Å². The Bertz CT molecular complexity index is 947. The van der Waals surface area contributed by atoms with E-state index in [4.69, 9.17) is 14.6 Å². The molecule has 0 radical (unpaired) electrons. The number of aromatic nitrogens is 5. The van der Waals surface area contributed by atoms with E-state index in [2.05, 4.69) is 19.9 Å². The molecule has 0 aromatic carbocycles. The van der Waals surface area contributed by atoms with Crippen molar-refractivity contribution in [3.63, 3.8) is 0 Å². The molecule has 8 nitrogen and oxygen atoms in total. The number of methoxy groups -OCH3 is 1. The Kier molecular flexibility index (Phi) is 3.97. The standard InChI is InChI=1S/C19H20N6O2/c1-26-15-4-7-24(8-5-15)19-21-9-14(10-22-19)25-11-13-12-27-18-16(17(13)23-25)3-2-6-20-18/h2-3,6,9-11,15H,4-5,7-8,12H2,1H3. The molecule has 0 unspecified atom stereocenters. The third kappa shape index (κ3) is 2.91. The smallest absolute Gasteiger partial charge is 0.225 e. The summed E-state index contributed by atoms with van der Waals surface area (Å²) in [7, 11) is 1.77. The summed E-state index contributed by atoms with van der Waals surface area (Å²) >= 11 is 0. The molecule has 2 aliphatic heterocycles. The number of nitrogens with zero attached hydrogens (tertiary/aromatic N) is 6. The van der Waals surface area contributed by atoms with E-state index in [1.54, 1.807) is 18.0 Å². The highest BCUT2D eigenvalue weighted by atomic mass is 16.5. The van der Waals surface area contributed by atoms with E-state index >= 15 is 0 Å². The van der Waals surface area contributed by atoms with Crippen molar-refractivity contribution in [3.05, 3.63) is 42.5 Å². The van der Waals surface area contributed by atoms with Crippen molar-refractivity contribution in [1.29, 1.82) is 0 Å². The summed E-state index contributed by atoms with van der Waals surface area (Å²) in [5.74, 6) is 1.38. The van der Waals surface area contributed by atoms with E-state index in [9.17, 15) is 0 Å². The summed E-state index contributed by atoms with van der Waals surface area (Å²) in [5, 5.41) is 4.71. The summed E-state index contributed by atoms with van der Waals surface area (Å²) in [6.07, 6.45) is 9.66. The number of hydrogen-bond acceptors (Lipinski definition) is 7. The molecule has 0 spiro atoms. The predicted molar refractivity (Wildman–Crippen MR) is 99.0 cm³/mol. The van der Waals surface area contributed by atoms with E-state index in [0.29, 0.717) is 18.6 Å². The number of hydrogen-bond donors (Lipinski definition) is 0. The van der Waals surface area contributed by atoms with Crippen LogP contribution in [-0.2, 0) is 11.3 Å². The quantitative estimate of drug-likeness (QED) is 0.705. The fraction of sp³-hybridized carbons (Fsp3) is 0.368. The molecule has 5 heterocycles. The molecule has 0 saturated carbocycles. The van der Waals surface area contributed by atoms with Gasteiger partial charge in [0.2, 0.25) is 11.8 Å². The SMILES string of the molecule is COC1CCN(c2ncc(-n3cc4c(n3)-c3cccnc3OC4)cn2)CC1. The number of pyridine rings is 1. The van der Waals surface area contributed by atoms with Gasteiger partial charge in [-0.05, 0) is 25.0 Å². The molecule has 27 heavy (non-hydrogen) atoms. The summed E-state index contributed by atoms with van der Waals surface area (Å²) in [4.78, 5) is 15.6. The predicted octanol–water partition coefficient (Wildman–Crippen LogP) is 2.23. The molecular formula is C19H20N6O2. The average molecular weight is 364 g/mol. The lowest BCUT2D eigenvalue weighted by Crippen LogP contribution is -2.37. The normalized spacial score (nSPS) is 16.6. The second-order valence-corrected chi connectivity index (χ2v) is 6.76. The van der Waals surface area contributed by atoms with Gasteiger partial charge in [-0.15, -0.1) is 0 Å². The van der Waals surface area contributed by atoms with Gasteiger partial charge in [0.1, 0.15) is 18.0 Å². The summed E-state index contributed by atoms with van der Waals surface area (Å²) in [6.45, 7) is 2.29. The second-order valence-electron chi connectivity index (χ2n) is 6.76. The van der Waals surface area contributed by atoms with Gasteiger partial charge in [-0.25, -0.2) is 19.6 Å². The van der Waals surface area contributed by atoms with Crippen LogP contribution in [0.3, 0.4) is 0 Å². The van der Waals surface area contributed by atoms with Gasteiger partial charge in [0.15, 0.2) is 0 Å². The highest BCUT2D eigenvalue weighted by molar-refractivity contribution is 5.69. The first-order chi connectivity index (χ1) is 13.3. The fourth-order valence-corrected chi connectivity index (χ4v) is 3.59. The zero-order chi connectivity index (χ0) is 18.2. The molecule has 138 valence electrons. The first kappa shape index (κ1) is 16.2. The summed E-state index contributed by atoms with van der Waals surface area (Å²) in [6, 6.07) is 3.86. The molecule has 8 heteroatoms. The maximum Gasteiger partial charge on any atom is 0.225 e. The third-order valence-electron chi connectivity index (χ3n) is 5.13. The highest BCUT2D eigenvalue weighted by Crippen LogP contribution is 2.34. The molecule has 3 aromatic heterocycles. The number of ether oxygens (including phenoxy) is 2. The van der Waals surface area contributed by atoms with Crippen LogP contribution in [0.25, 0.3) is 16.9 Å². The van der Waals surface area contributed by atoms with Gasteiger partial charge in [0.05, 0.1) is 24.1 Å². The van der Waals surface area contributed by atoms with Gasteiger partial charge in [0.25, 0.3) is 0 Å². The number of anilines is 1. The van der Waals surface area contributed by atoms with Gasteiger partial charge in [-0.3, -0.25) is 0 Å². The van der Waals surface area contributed by atoms with Gasteiger partial charge < -0.3 is 14.4 Å². The Morgan fingerprint density at radius 1 is 1.15 bits per heavy atom. The van der Waals surface area contributed by atoms with Crippen LogP contribution in [0.1, 0.15) is 18.4 Å². The van der Waals surface area contributed by atoms with Crippen LogP contribution < -0.4 is 9.64 Å². The average Bonchev–Trinajstić information content (AvgIpc) is 3.19. The Balaban J connectivity index is 1.38. The first-order valence-corrected chi connectivity index (χ1v) is 9.09. The van der Waals surface area contributed by atoms with Crippen LogP contribution in [0, 0.1) is 0 Å². The van der Waals surface area contributed by atoms with Crippen LogP contribution in [-0.4, -0.2) is 51.0 Å². The van der Waals surface area contributed by atoms with Crippen molar-refractivity contribution < 1.29 is 9.47 Å². The summed E-state index contributed by atoms with van der Waals surface area (Å²) < 4.78 is 12.9. The van der Waals surface area contributed by atoms with Crippen molar-refractivity contribution in [3.8, 4) is 22.8 Å². The molecule has 0 atom stereocenters. The van der Waals surface area contributed by atoms with Crippen LogP contribution in [0.5, 0.6) is 5.88 Å². The zero-order valence-electron chi connectivity index (χ0n) is 15.1. The maximum atomic E-state index is 5.70. The molecular weight excluding hydrogens is 344 g/mol. The molecule has 2 aliphatic rings. The van der Waals surface area contributed by atoms with Crippen LogP contribution in [0.2, 0.25) is 0 Å². The minimum atomic E-state index is 0.343. The van der Waals surface area contributed by atoms with Crippen molar-refractivity contribution in [2.45, 2.75) is 25.6 Å². The number of rotatable bonds is 3. The summed E-state index contributed by atoms with van der Waals surface area (Å²) in [5.41, 5.74) is 3.66. The molecule has 1 fully saturated rings. The van der Waals surface area contributed by atoms with Crippen molar-refractivity contribution in [2.24, 2.45) is 0 Å². The molecule has 0 N–H and O–H groups in total. The first-order valence-electron chi connectivity index (χ1n) is 9.09. The van der Waals surface area contributed by atoms with Crippen molar-refractivity contribution >= 4 is 5.95 Å². The van der Waals surface area contributed by atoms with Gasteiger partial charge in [-0.2, -0.15) is 5.10 Å². The molecule has 0 bridgehead atoms. The van der Waals surface area contributed by atoms with E-state index in [0.717, 1.165) is 54.4 Å². The molecule has 0 amide bonds. The molecule has 0 aliphatic carbocycles. The van der Waals surface area contributed by atoms with Crippen LogP contribution in [0.4, 0.5) is 5.95 Å². The largest absolute Gasteiger partial charge is 0.472 e. The third-order valence-corrected chi connectivity index (χ3v) is 5.13. The Hall–Kier alpha value is -3.00. The zero-order valence-corrected chi connectivity index (χ0v) is 15.1. The lowest BCUT2D eigenvalue weighted by Gasteiger charge is -2.31. The molecule has 3 aromatic rings. The minimum Gasteiger partial charge on any atom is -0.472 e. The second kappa shape index (κ2) is 6.62. The van der Waals surface area contributed by atoms with E-state index in [1.165, 1.54) is 0 Å². The van der Waals surface area contributed by atoms with Gasteiger partial charge >= 0.3 is 0 Å². The Morgan fingerprint density at radius 3 is 2.74 bits per heavy atom. The molecule has 5 rings (SSSR count). The topological polar surface area (TPSA) is 78.2 Å². The van der Waals surface area contributed by atoms with Crippen LogP contribution in [0.15, 0.2) is 36.9 Å². The lowest BCUT2D eigenvalue weighted by atomic mass is 10.1. The highest BCUT2D eigenvalue weighted by Gasteiger charge is 2.23. The minimum absolute atomic E-state index is 0.343. The number of fused-ring (bicyclic) bond motifs is 3. The van der Waals surface area contributed by atoms with E-state index in [1.807, 2.05) is 30.7 Å². The van der Waals surface area contributed by atoms with Gasteiger partial charge in [-0.1, -0.05) is 0 Å². The van der Waals surface area contributed by atoms with E-state index < -0.39 is 0 Å². The van der Waals surface area contributed by atoms with Gasteiger partial charge in [0, 0.05) is 38.2 Å². The lowest BCUT2D eigenvalue weighted by molar-refractivity contribution is 0.0816. The fourth-order valence-electron chi connectivity index (χ4n) is 3.59. The monoisotopic (exact) mass is 364 g/mol. The Morgan fingerprint density at radius 2 is 1.96 bits per heavy atom. The Labute approximate surface area is 156 Å².